The van der Waals surface area contributed by atoms with E-state index in [2.05, 4.69) is 13.8 Å². The molecule has 0 amide bonds. The van der Waals surface area contributed by atoms with E-state index in [1.165, 1.54) is 89.9 Å². The zero-order chi connectivity index (χ0) is 32.9. The van der Waals surface area contributed by atoms with Crippen LogP contribution >= 0.6 is 7.82 Å². The van der Waals surface area contributed by atoms with Gasteiger partial charge < -0.3 is 27.9 Å². The van der Waals surface area contributed by atoms with Crippen LogP contribution < -0.4 is 4.89 Å². The fraction of sp³-hybridized carbons (Fsp3) is 0.941. The number of hydrogen-bond donors (Lipinski definition) is 0. The Bertz CT molecular complexity index is 743. The van der Waals surface area contributed by atoms with E-state index in [1.807, 2.05) is 21.1 Å². The normalized spacial score (nSPS) is 13.9. The molecule has 10 heteroatoms. The molecule has 2 unspecified atom stereocenters. The molecular weight excluding hydrogens is 581 g/mol. The fourth-order valence-corrected chi connectivity index (χ4v) is 5.50. The predicted octanol–water partition coefficient (Wildman–Crippen LogP) is 8.27. The van der Waals surface area contributed by atoms with Crippen LogP contribution in [0.15, 0.2) is 0 Å². The van der Waals surface area contributed by atoms with Gasteiger partial charge in [0.05, 0.1) is 27.7 Å². The first-order valence-corrected chi connectivity index (χ1v) is 19.2. The van der Waals surface area contributed by atoms with E-state index in [-0.39, 0.29) is 32.0 Å². The molecule has 0 saturated heterocycles. The van der Waals surface area contributed by atoms with Crippen molar-refractivity contribution in [1.82, 2.24) is 0 Å². The van der Waals surface area contributed by atoms with Crippen molar-refractivity contribution >= 4 is 19.8 Å². The number of ether oxygens (including phenoxy) is 2. The largest absolute Gasteiger partial charge is 0.756 e. The first-order chi connectivity index (χ1) is 21.0. The maximum atomic E-state index is 12.5. The van der Waals surface area contributed by atoms with Crippen molar-refractivity contribution in [3.63, 3.8) is 0 Å². The van der Waals surface area contributed by atoms with E-state index in [0.29, 0.717) is 17.4 Å². The van der Waals surface area contributed by atoms with Gasteiger partial charge in [-0.05, 0) is 12.8 Å². The molecule has 0 bridgehead atoms. The van der Waals surface area contributed by atoms with Crippen LogP contribution in [0.5, 0.6) is 0 Å². The number of phosphoric acid groups is 1. The van der Waals surface area contributed by atoms with Gasteiger partial charge in [-0.3, -0.25) is 14.2 Å². The van der Waals surface area contributed by atoms with Crippen molar-refractivity contribution in [2.45, 2.75) is 161 Å². The van der Waals surface area contributed by atoms with Crippen LogP contribution in [0.2, 0.25) is 0 Å². The average molecular weight is 650 g/mol. The predicted molar refractivity (Wildman–Crippen MR) is 176 cm³/mol. The summed E-state index contributed by atoms with van der Waals surface area (Å²) in [6, 6.07) is 0. The fourth-order valence-electron chi connectivity index (χ4n) is 4.77. The van der Waals surface area contributed by atoms with Crippen LogP contribution in [0, 0.1) is 0 Å². The highest BCUT2D eigenvalue weighted by Gasteiger charge is 2.21. The molecule has 0 N–H and O–H groups in total. The lowest BCUT2D eigenvalue weighted by molar-refractivity contribution is -0.870. The SMILES string of the molecule is CCCCCCCCCCCCCCCC(=O)OC(COC(=O)CCCCCCCCC)COP(=O)([O-])OCC[N+](C)(C)C. The van der Waals surface area contributed by atoms with Gasteiger partial charge in [-0.2, -0.15) is 0 Å². The smallest absolute Gasteiger partial charge is 0.306 e. The molecule has 2 atom stereocenters. The summed E-state index contributed by atoms with van der Waals surface area (Å²) in [7, 11) is 1.17. The molecule has 262 valence electrons. The molecule has 0 spiro atoms. The van der Waals surface area contributed by atoms with Crippen molar-refractivity contribution in [2.24, 2.45) is 0 Å². The monoisotopic (exact) mass is 649 g/mol. The Hall–Kier alpha value is -0.990. The van der Waals surface area contributed by atoms with Crippen LogP contribution in [0.1, 0.15) is 155 Å². The lowest BCUT2D eigenvalue weighted by Crippen LogP contribution is -2.37. The second kappa shape index (κ2) is 28.3. The van der Waals surface area contributed by atoms with Gasteiger partial charge in [0, 0.05) is 12.8 Å². The van der Waals surface area contributed by atoms with Crippen LogP contribution in [0.25, 0.3) is 0 Å². The molecule has 0 radical (unpaired) electrons. The summed E-state index contributed by atoms with van der Waals surface area (Å²) in [6.07, 6.45) is 22.9. The molecule has 0 aromatic carbocycles. The van der Waals surface area contributed by atoms with Crippen molar-refractivity contribution in [3.8, 4) is 0 Å². The lowest BCUT2D eigenvalue weighted by Gasteiger charge is -2.28. The molecule has 0 heterocycles. The molecule has 0 aromatic heterocycles. The Morgan fingerprint density at radius 3 is 1.45 bits per heavy atom. The topological polar surface area (TPSA) is 111 Å². The van der Waals surface area contributed by atoms with Crippen molar-refractivity contribution in [1.29, 1.82) is 0 Å². The Morgan fingerprint density at radius 1 is 0.614 bits per heavy atom. The summed E-state index contributed by atoms with van der Waals surface area (Å²) < 4.78 is 33.6. The summed E-state index contributed by atoms with van der Waals surface area (Å²) in [6.45, 7) is 4.17. The number of carbonyl (C=O) groups is 2. The molecule has 0 aromatic rings. The third kappa shape index (κ3) is 31.0. The van der Waals surface area contributed by atoms with Gasteiger partial charge in [-0.1, -0.05) is 129 Å². The highest BCUT2D eigenvalue weighted by Crippen LogP contribution is 2.38. The van der Waals surface area contributed by atoms with Crippen LogP contribution in [0.3, 0.4) is 0 Å². The van der Waals surface area contributed by atoms with Crippen LogP contribution in [0.4, 0.5) is 0 Å². The Kier molecular flexibility index (Phi) is 27.6. The van der Waals surface area contributed by atoms with Crippen LogP contribution in [-0.4, -0.2) is 70.0 Å². The minimum absolute atomic E-state index is 0.0266. The van der Waals surface area contributed by atoms with E-state index < -0.39 is 26.5 Å². The van der Waals surface area contributed by atoms with Gasteiger partial charge >= 0.3 is 11.9 Å². The number of carbonyl (C=O) groups excluding carboxylic acids is 2. The summed E-state index contributed by atoms with van der Waals surface area (Å²) in [5.41, 5.74) is 0. The Labute approximate surface area is 270 Å². The molecule has 0 aliphatic heterocycles. The summed E-state index contributed by atoms with van der Waals surface area (Å²) in [4.78, 5) is 37.0. The van der Waals surface area contributed by atoms with E-state index in [4.69, 9.17) is 18.5 Å². The zero-order valence-corrected chi connectivity index (χ0v) is 30.0. The van der Waals surface area contributed by atoms with Crippen molar-refractivity contribution in [3.05, 3.63) is 0 Å². The number of nitrogens with zero attached hydrogens (tertiary/aromatic N) is 1. The number of phosphoric ester groups is 1. The highest BCUT2D eigenvalue weighted by atomic mass is 31.2. The van der Waals surface area contributed by atoms with Gasteiger partial charge in [0.2, 0.25) is 0 Å². The molecular formula is C34H68NO8P. The number of quaternary nitrogens is 1. The highest BCUT2D eigenvalue weighted by molar-refractivity contribution is 7.45. The number of rotatable bonds is 32. The Balaban J connectivity index is 4.42. The number of hydrogen-bond acceptors (Lipinski definition) is 8. The Morgan fingerprint density at radius 2 is 1.02 bits per heavy atom. The lowest BCUT2D eigenvalue weighted by atomic mass is 10.0. The molecule has 0 aliphatic rings. The second-order valence-electron chi connectivity index (χ2n) is 13.2. The summed E-state index contributed by atoms with van der Waals surface area (Å²) in [5.74, 6) is -0.836. The standard InChI is InChI=1S/C34H68NO8P/c1-6-8-10-12-14-15-16-17-18-19-21-23-25-27-34(37)43-32(31-42-44(38,39)41-29-28-35(3,4)5)30-40-33(36)26-24-22-20-13-11-9-7-2/h32H,6-31H2,1-5H3. The number of unbranched alkanes of at least 4 members (excludes halogenated alkanes) is 18. The minimum atomic E-state index is -4.60. The summed E-state index contributed by atoms with van der Waals surface area (Å²) in [5, 5.41) is 0. The maximum Gasteiger partial charge on any atom is 0.306 e. The van der Waals surface area contributed by atoms with Crippen molar-refractivity contribution in [2.75, 3.05) is 47.5 Å². The minimum Gasteiger partial charge on any atom is -0.756 e. The summed E-state index contributed by atoms with van der Waals surface area (Å²) >= 11 is 0. The second-order valence-corrected chi connectivity index (χ2v) is 14.7. The van der Waals surface area contributed by atoms with Crippen molar-refractivity contribution < 1.29 is 42.1 Å². The average Bonchev–Trinajstić information content (AvgIpc) is 2.95. The number of likely N-dealkylation sites (N-methyl/N-ethyl adjacent to an activating group) is 1. The first kappa shape index (κ1) is 43.0. The maximum absolute atomic E-state index is 12.5. The number of esters is 2. The van der Waals surface area contributed by atoms with Gasteiger partial charge in [-0.25, -0.2) is 0 Å². The molecule has 44 heavy (non-hydrogen) atoms. The molecule has 9 nitrogen and oxygen atoms in total. The molecule has 0 saturated carbocycles. The molecule has 0 fully saturated rings. The van der Waals surface area contributed by atoms with Gasteiger partial charge in [0.1, 0.15) is 19.8 Å². The van der Waals surface area contributed by atoms with Crippen LogP contribution in [-0.2, 0) is 32.7 Å². The van der Waals surface area contributed by atoms with Gasteiger partial charge in [-0.15, -0.1) is 0 Å². The zero-order valence-electron chi connectivity index (χ0n) is 29.1. The molecule has 0 rings (SSSR count). The quantitative estimate of drug-likeness (QED) is 0.0310. The third-order valence-electron chi connectivity index (χ3n) is 7.63. The van der Waals surface area contributed by atoms with E-state index in [1.54, 1.807) is 0 Å². The van der Waals surface area contributed by atoms with E-state index >= 15 is 0 Å². The third-order valence-corrected chi connectivity index (χ3v) is 8.59. The van der Waals surface area contributed by atoms with E-state index in [9.17, 15) is 19.0 Å². The van der Waals surface area contributed by atoms with Gasteiger partial charge in [0.25, 0.3) is 7.82 Å². The first-order valence-electron chi connectivity index (χ1n) is 17.7. The van der Waals surface area contributed by atoms with Gasteiger partial charge in [0.15, 0.2) is 6.10 Å². The van der Waals surface area contributed by atoms with E-state index in [0.717, 1.165) is 32.1 Å². The molecule has 0 aliphatic carbocycles.